The Morgan fingerprint density at radius 3 is 2.15 bits per heavy atom. The Morgan fingerprint density at radius 2 is 1.54 bits per heavy atom. The van der Waals surface area contributed by atoms with Crippen LogP contribution in [0.4, 0.5) is 0 Å². The van der Waals surface area contributed by atoms with Gasteiger partial charge in [0.15, 0.2) is 0 Å². The molecule has 0 atom stereocenters. The van der Waals surface area contributed by atoms with E-state index in [2.05, 4.69) is 0 Å². The molecule has 2 aliphatic rings. The van der Waals surface area contributed by atoms with Crippen LogP contribution in [0, 0.1) is 5.92 Å². The SMILES string of the molecule is ClC(=C1CCCC1)C1CCCCC1. The Bertz CT molecular complexity index is 191. The average Bonchev–Trinajstić information content (AvgIpc) is 2.71. The molecule has 0 spiro atoms. The molecule has 2 aliphatic carbocycles. The number of rotatable bonds is 1. The van der Waals surface area contributed by atoms with Crippen molar-refractivity contribution in [2.45, 2.75) is 57.8 Å². The smallest absolute Gasteiger partial charge is 0.0203 e. The molecule has 0 aliphatic heterocycles. The monoisotopic (exact) mass is 198 g/mol. The van der Waals surface area contributed by atoms with Gasteiger partial charge in [0.25, 0.3) is 0 Å². The minimum atomic E-state index is 0.739. The molecule has 0 N–H and O–H groups in total. The summed E-state index contributed by atoms with van der Waals surface area (Å²) in [4.78, 5) is 0. The van der Waals surface area contributed by atoms with Gasteiger partial charge in [-0.15, -0.1) is 0 Å². The zero-order chi connectivity index (χ0) is 9.10. The zero-order valence-corrected chi connectivity index (χ0v) is 9.08. The quantitative estimate of drug-likeness (QED) is 0.576. The van der Waals surface area contributed by atoms with Crippen LogP contribution in [0.3, 0.4) is 0 Å². The molecule has 0 bridgehead atoms. The molecule has 0 aromatic rings. The van der Waals surface area contributed by atoms with Crippen molar-refractivity contribution >= 4 is 11.6 Å². The van der Waals surface area contributed by atoms with Crippen molar-refractivity contribution in [1.82, 2.24) is 0 Å². The van der Waals surface area contributed by atoms with E-state index in [1.165, 1.54) is 62.8 Å². The van der Waals surface area contributed by atoms with Crippen molar-refractivity contribution in [3.05, 3.63) is 10.6 Å². The van der Waals surface area contributed by atoms with E-state index in [0.29, 0.717) is 0 Å². The highest BCUT2D eigenvalue weighted by Crippen LogP contribution is 2.38. The molecule has 1 heteroatoms. The lowest BCUT2D eigenvalue weighted by Crippen LogP contribution is -2.07. The first-order chi connectivity index (χ1) is 6.38. The van der Waals surface area contributed by atoms with Crippen LogP contribution in [0.15, 0.2) is 10.6 Å². The second-order valence-electron chi connectivity index (χ2n) is 4.49. The highest BCUT2D eigenvalue weighted by Gasteiger charge is 2.20. The Hall–Kier alpha value is 0.0300. The molecule has 0 heterocycles. The normalized spacial score (nSPS) is 25.2. The van der Waals surface area contributed by atoms with E-state index in [0.717, 1.165) is 5.92 Å². The van der Waals surface area contributed by atoms with E-state index in [-0.39, 0.29) is 0 Å². The summed E-state index contributed by atoms with van der Waals surface area (Å²) >= 11 is 6.45. The first-order valence-corrected chi connectivity index (χ1v) is 6.13. The predicted molar refractivity (Wildman–Crippen MR) is 57.9 cm³/mol. The van der Waals surface area contributed by atoms with Gasteiger partial charge in [0.1, 0.15) is 0 Å². The number of hydrogen-bond donors (Lipinski definition) is 0. The third-order valence-corrected chi connectivity index (χ3v) is 4.08. The van der Waals surface area contributed by atoms with Crippen molar-refractivity contribution in [3.63, 3.8) is 0 Å². The molecule has 0 unspecified atom stereocenters. The molecule has 2 rings (SSSR count). The van der Waals surface area contributed by atoms with Gasteiger partial charge in [0.05, 0.1) is 0 Å². The molecule has 0 amide bonds. The van der Waals surface area contributed by atoms with E-state index < -0.39 is 0 Å². The number of halogens is 1. The van der Waals surface area contributed by atoms with Crippen LogP contribution in [0.25, 0.3) is 0 Å². The lowest BCUT2D eigenvalue weighted by atomic mass is 9.87. The maximum Gasteiger partial charge on any atom is 0.0203 e. The third-order valence-electron chi connectivity index (χ3n) is 3.51. The molecular formula is C12H19Cl. The molecule has 0 nitrogen and oxygen atoms in total. The van der Waals surface area contributed by atoms with Crippen molar-refractivity contribution in [1.29, 1.82) is 0 Å². The molecule has 13 heavy (non-hydrogen) atoms. The molecule has 0 aromatic heterocycles. The van der Waals surface area contributed by atoms with Crippen molar-refractivity contribution in [3.8, 4) is 0 Å². The van der Waals surface area contributed by atoms with E-state index in [1.807, 2.05) is 0 Å². The van der Waals surface area contributed by atoms with Gasteiger partial charge >= 0.3 is 0 Å². The summed E-state index contributed by atoms with van der Waals surface area (Å²) in [5.41, 5.74) is 1.59. The molecule has 74 valence electrons. The fourth-order valence-corrected chi connectivity index (χ4v) is 3.09. The maximum absolute atomic E-state index is 6.45. The topological polar surface area (TPSA) is 0 Å². The molecular weight excluding hydrogens is 180 g/mol. The van der Waals surface area contributed by atoms with Gasteiger partial charge in [-0.2, -0.15) is 0 Å². The molecule has 2 saturated carbocycles. The van der Waals surface area contributed by atoms with Crippen LogP contribution < -0.4 is 0 Å². The van der Waals surface area contributed by atoms with Gasteiger partial charge in [-0.1, -0.05) is 36.4 Å². The lowest BCUT2D eigenvalue weighted by Gasteiger charge is -2.22. The van der Waals surface area contributed by atoms with Crippen LogP contribution >= 0.6 is 11.6 Å². The summed E-state index contributed by atoms with van der Waals surface area (Å²) in [6.45, 7) is 0. The van der Waals surface area contributed by atoms with E-state index in [9.17, 15) is 0 Å². The Labute approximate surface area is 86.4 Å². The van der Waals surface area contributed by atoms with E-state index in [4.69, 9.17) is 11.6 Å². The van der Waals surface area contributed by atoms with Crippen LogP contribution in [0.1, 0.15) is 57.8 Å². The first-order valence-electron chi connectivity index (χ1n) is 5.75. The molecule has 0 saturated heterocycles. The maximum atomic E-state index is 6.45. The average molecular weight is 199 g/mol. The van der Waals surface area contributed by atoms with Crippen LogP contribution in [-0.2, 0) is 0 Å². The van der Waals surface area contributed by atoms with Crippen molar-refractivity contribution in [2.75, 3.05) is 0 Å². The van der Waals surface area contributed by atoms with Gasteiger partial charge in [-0.05, 0) is 44.4 Å². The second kappa shape index (κ2) is 4.50. The van der Waals surface area contributed by atoms with Gasteiger partial charge < -0.3 is 0 Å². The molecule has 2 fully saturated rings. The van der Waals surface area contributed by atoms with Crippen molar-refractivity contribution < 1.29 is 0 Å². The zero-order valence-electron chi connectivity index (χ0n) is 8.32. The van der Waals surface area contributed by atoms with Gasteiger partial charge in [0, 0.05) is 5.03 Å². The fourth-order valence-electron chi connectivity index (χ4n) is 2.69. The number of hydrogen-bond acceptors (Lipinski definition) is 0. The van der Waals surface area contributed by atoms with Gasteiger partial charge in [-0.25, -0.2) is 0 Å². The largest absolute Gasteiger partial charge is 0.0889 e. The van der Waals surface area contributed by atoms with E-state index >= 15 is 0 Å². The summed E-state index contributed by atoms with van der Waals surface area (Å²) in [5.74, 6) is 0.739. The third kappa shape index (κ3) is 2.28. The summed E-state index contributed by atoms with van der Waals surface area (Å²) in [5, 5.41) is 1.26. The minimum absolute atomic E-state index is 0.739. The Balaban J connectivity index is 2.00. The van der Waals surface area contributed by atoms with Crippen molar-refractivity contribution in [2.24, 2.45) is 5.92 Å². The Morgan fingerprint density at radius 1 is 0.923 bits per heavy atom. The predicted octanol–water partition coefficient (Wildman–Crippen LogP) is 4.63. The standard InChI is InChI=1S/C12H19Cl/c13-12(11-8-4-5-9-11)10-6-2-1-3-7-10/h10H,1-9H2. The highest BCUT2D eigenvalue weighted by atomic mass is 35.5. The van der Waals surface area contributed by atoms with Gasteiger partial charge in [0.2, 0.25) is 0 Å². The van der Waals surface area contributed by atoms with Gasteiger partial charge in [-0.3, -0.25) is 0 Å². The Kier molecular flexibility index (Phi) is 3.32. The van der Waals surface area contributed by atoms with Crippen LogP contribution in [-0.4, -0.2) is 0 Å². The van der Waals surface area contributed by atoms with Crippen LogP contribution in [0.5, 0.6) is 0 Å². The van der Waals surface area contributed by atoms with E-state index in [1.54, 1.807) is 5.57 Å². The summed E-state index contributed by atoms with van der Waals surface area (Å²) in [6.07, 6.45) is 12.2. The second-order valence-corrected chi connectivity index (χ2v) is 4.90. The number of allylic oxidation sites excluding steroid dienone is 2. The highest BCUT2D eigenvalue weighted by molar-refractivity contribution is 6.30. The minimum Gasteiger partial charge on any atom is -0.0889 e. The summed E-state index contributed by atoms with van der Waals surface area (Å²) in [6, 6.07) is 0. The van der Waals surface area contributed by atoms with Crippen LogP contribution in [0.2, 0.25) is 0 Å². The summed E-state index contributed by atoms with van der Waals surface area (Å²) in [7, 11) is 0. The molecule has 0 aromatic carbocycles. The summed E-state index contributed by atoms with van der Waals surface area (Å²) < 4.78 is 0. The molecule has 0 radical (unpaired) electrons. The first kappa shape index (κ1) is 9.58. The fraction of sp³-hybridized carbons (Fsp3) is 0.833. The lowest BCUT2D eigenvalue weighted by molar-refractivity contribution is 0.411.